The van der Waals surface area contributed by atoms with Crippen molar-refractivity contribution in [1.82, 2.24) is 9.88 Å². The second-order valence-electron chi connectivity index (χ2n) is 5.91. The summed E-state index contributed by atoms with van der Waals surface area (Å²) in [6.07, 6.45) is 0.610. The number of aliphatic hydroxyl groups is 1. The van der Waals surface area contributed by atoms with Crippen molar-refractivity contribution in [1.29, 1.82) is 0 Å². The molecule has 0 saturated carbocycles. The third-order valence-corrected chi connectivity index (χ3v) is 4.39. The van der Waals surface area contributed by atoms with E-state index >= 15 is 0 Å². The maximum atomic E-state index is 12.9. The number of carbonyl (C=O) groups excluding carboxylic acids is 1. The van der Waals surface area contributed by atoms with E-state index in [2.05, 4.69) is 10.3 Å². The van der Waals surface area contributed by atoms with Crippen LogP contribution in [0.25, 0.3) is 0 Å². The Hall–Kier alpha value is -2.22. The number of amides is 1. The van der Waals surface area contributed by atoms with Crippen molar-refractivity contribution in [2.24, 2.45) is 0 Å². The maximum Gasteiger partial charge on any atom is 0.255 e. The highest BCUT2D eigenvalue weighted by Crippen LogP contribution is 2.22. The standard InChI is InChI=1S/C18H19ClFN3O3/c19-15-9-13(18(25)23-5-7-26-8-6-23)10-21-17(15)22-11-16(24)12-1-3-14(20)4-2-12/h1-4,9-10,16,24H,5-8,11H2,(H,21,22)/t16-/m1/s1. The molecule has 0 radical (unpaired) electrons. The zero-order valence-corrected chi connectivity index (χ0v) is 14.7. The lowest BCUT2D eigenvalue weighted by molar-refractivity contribution is 0.0302. The molecule has 0 aliphatic carbocycles. The van der Waals surface area contributed by atoms with Crippen LogP contribution < -0.4 is 5.32 Å². The van der Waals surface area contributed by atoms with Gasteiger partial charge >= 0.3 is 0 Å². The first-order valence-corrected chi connectivity index (χ1v) is 8.62. The van der Waals surface area contributed by atoms with Gasteiger partial charge in [-0.25, -0.2) is 9.37 Å². The molecule has 1 aromatic carbocycles. The average Bonchev–Trinajstić information content (AvgIpc) is 2.67. The van der Waals surface area contributed by atoms with Gasteiger partial charge < -0.3 is 20.1 Å². The van der Waals surface area contributed by atoms with Gasteiger partial charge in [-0.1, -0.05) is 23.7 Å². The Morgan fingerprint density at radius 1 is 1.35 bits per heavy atom. The number of morpholine rings is 1. The summed E-state index contributed by atoms with van der Waals surface area (Å²) < 4.78 is 18.2. The fourth-order valence-electron chi connectivity index (χ4n) is 2.63. The number of anilines is 1. The Balaban J connectivity index is 1.62. The quantitative estimate of drug-likeness (QED) is 0.834. The van der Waals surface area contributed by atoms with E-state index in [9.17, 15) is 14.3 Å². The van der Waals surface area contributed by atoms with E-state index in [1.165, 1.54) is 30.5 Å². The van der Waals surface area contributed by atoms with E-state index in [1.807, 2.05) is 0 Å². The van der Waals surface area contributed by atoms with Crippen LogP contribution in [0.1, 0.15) is 22.0 Å². The van der Waals surface area contributed by atoms with E-state index in [4.69, 9.17) is 16.3 Å². The van der Waals surface area contributed by atoms with E-state index in [0.29, 0.717) is 43.2 Å². The lowest BCUT2D eigenvalue weighted by atomic mass is 10.1. The number of halogens is 2. The van der Waals surface area contributed by atoms with Crippen molar-refractivity contribution >= 4 is 23.3 Å². The van der Waals surface area contributed by atoms with Crippen molar-refractivity contribution in [2.45, 2.75) is 6.10 Å². The first-order chi connectivity index (χ1) is 12.5. The first kappa shape index (κ1) is 18.6. The summed E-state index contributed by atoms with van der Waals surface area (Å²) >= 11 is 6.21. The number of benzene rings is 1. The van der Waals surface area contributed by atoms with E-state index in [1.54, 1.807) is 11.0 Å². The topological polar surface area (TPSA) is 74.7 Å². The Morgan fingerprint density at radius 3 is 2.69 bits per heavy atom. The van der Waals surface area contributed by atoms with Crippen LogP contribution in [-0.4, -0.2) is 53.7 Å². The number of rotatable bonds is 5. The summed E-state index contributed by atoms with van der Waals surface area (Å²) in [6, 6.07) is 7.16. The molecule has 1 saturated heterocycles. The van der Waals surface area contributed by atoms with Crippen molar-refractivity contribution < 1.29 is 19.0 Å². The summed E-state index contributed by atoms with van der Waals surface area (Å²) in [5.74, 6) is -0.133. The largest absolute Gasteiger partial charge is 0.387 e. The molecule has 26 heavy (non-hydrogen) atoms. The lowest BCUT2D eigenvalue weighted by Crippen LogP contribution is -2.40. The van der Waals surface area contributed by atoms with Gasteiger partial charge in [-0.3, -0.25) is 4.79 Å². The summed E-state index contributed by atoms with van der Waals surface area (Å²) in [5, 5.41) is 13.4. The minimum absolute atomic E-state index is 0.138. The zero-order chi connectivity index (χ0) is 18.5. The number of aliphatic hydroxyl groups excluding tert-OH is 1. The number of carbonyl (C=O) groups is 1. The van der Waals surface area contributed by atoms with E-state index in [0.717, 1.165) is 0 Å². The van der Waals surface area contributed by atoms with Gasteiger partial charge in [0.2, 0.25) is 0 Å². The van der Waals surface area contributed by atoms with Crippen LogP contribution >= 0.6 is 11.6 Å². The third kappa shape index (κ3) is 4.49. The number of ether oxygens (including phenoxy) is 1. The Kier molecular flexibility index (Phi) is 6.03. The summed E-state index contributed by atoms with van der Waals surface area (Å²) in [6.45, 7) is 2.28. The normalized spacial score (nSPS) is 15.6. The van der Waals surface area contributed by atoms with Crippen molar-refractivity contribution in [3.05, 3.63) is 58.5 Å². The third-order valence-electron chi connectivity index (χ3n) is 4.10. The Bertz CT molecular complexity index is 767. The second-order valence-corrected chi connectivity index (χ2v) is 6.31. The van der Waals surface area contributed by atoms with Crippen LogP contribution in [0.2, 0.25) is 5.02 Å². The fraction of sp³-hybridized carbons (Fsp3) is 0.333. The maximum absolute atomic E-state index is 12.9. The van der Waals surface area contributed by atoms with Crippen LogP contribution in [0, 0.1) is 5.82 Å². The highest BCUT2D eigenvalue weighted by atomic mass is 35.5. The molecule has 2 N–H and O–H groups in total. The molecule has 8 heteroatoms. The van der Waals surface area contributed by atoms with Gasteiger partial charge in [-0.05, 0) is 23.8 Å². The van der Waals surface area contributed by atoms with Crippen LogP contribution in [0.5, 0.6) is 0 Å². The Labute approximate surface area is 155 Å². The molecule has 1 aromatic heterocycles. The predicted octanol–water partition coefficient (Wildman–Crippen LogP) is 2.49. The van der Waals surface area contributed by atoms with Crippen molar-refractivity contribution in [3.8, 4) is 0 Å². The highest BCUT2D eigenvalue weighted by molar-refractivity contribution is 6.33. The molecule has 3 rings (SSSR count). The fourth-order valence-corrected chi connectivity index (χ4v) is 2.86. The first-order valence-electron chi connectivity index (χ1n) is 8.24. The SMILES string of the molecule is O=C(c1cnc(NC[C@@H](O)c2ccc(F)cc2)c(Cl)c1)N1CCOCC1. The molecule has 0 spiro atoms. The van der Waals surface area contributed by atoms with Gasteiger partial charge in [0.25, 0.3) is 5.91 Å². The van der Waals surface area contributed by atoms with Gasteiger partial charge in [-0.2, -0.15) is 0 Å². The van der Waals surface area contributed by atoms with Gasteiger partial charge in [0.1, 0.15) is 11.6 Å². The molecule has 6 nitrogen and oxygen atoms in total. The second kappa shape index (κ2) is 8.44. The number of nitrogens with one attached hydrogen (secondary N) is 1. The lowest BCUT2D eigenvalue weighted by Gasteiger charge is -2.26. The smallest absolute Gasteiger partial charge is 0.255 e. The minimum atomic E-state index is -0.844. The average molecular weight is 380 g/mol. The van der Waals surface area contributed by atoms with Crippen LogP contribution in [0.15, 0.2) is 36.5 Å². The number of hydrogen-bond donors (Lipinski definition) is 2. The molecule has 0 unspecified atom stereocenters. The number of hydrogen-bond acceptors (Lipinski definition) is 5. The highest BCUT2D eigenvalue weighted by Gasteiger charge is 2.20. The number of aromatic nitrogens is 1. The molecule has 1 aliphatic rings. The number of nitrogens with zero attached hydrogens (tertiary/aromatic N) is 2. The molecular formula is C18H19ClFN3O3. The van der Waals surface area contributed by atoms with Gasteiger partial charge in [0, 0.05) is 25.8 Å². The van der Waals surface area contributed by atoms with Crippen molar-refractivity contribution in [2.75, 3.05) is 38.2 Å². The molecule has 1 atom stereocenters. The Morgan fingerprint density at radius 2 is 2.04 bits per heavy atom. The monoisotopic (exact) mass is 379 g/mol. The molecule has 1 fully saturated rings. The van der Waals surface area contributed by atoms with E-state index in [-0.39, 0.29) is 23.3 Å². The van der Waals surface area contributed by atoms with Gasteiger partial charge in [-0.15, -0.1) is 0 Å². The number of pyridine rings is 1. The zero-order valence-electron chi connectivity index (χ0n) is 14.0. The predicted molar refractivity (Wildman–Crippen MR) is 95.8 cm³/mol. The van der Waals surface area contributed by atoms with Gasteiger partial charge in [0.05, 0.1) is 29.9 Å². The van der Waals surface area contributed by atoms with Crippen LogP contribution in [0.3, 0.4) is 0 Å². The minimum Gasteiger partial charge on any atom is -0.387 e. The molecular weight excluding hydrogens is 361 g/mol. The molecule has 0 bridgehead atoms. The molecule has 138 valence electrons. The van der Waals surface area contributed by atoms with Gasteiger partial charge in [0.15, 0.2) is 0 Å². The molecule has 1 amide bonds. The molecule has 1 aliphatic heterocycles. The summed E-state index contributed by atoms with van der Waals surface area (Å²) in [5.41, 5.74) is 0.982. The summed E-state index contributed by atoms with van der Waals surface area (Å²) in [7, 11) is 0. The molecule has 2 aromatic rings. The van der Waals surface area contributed by atoms with Crippen LogP contribution in [0.4, 0.5) is 10.2 Å². The van der Waals surface area contributed by atoms with Crippen LogP contribution in [-0.2, 0) is 4.74 Å². The summed E-state index contributed by atoms with van der Waals surface area (Å²) in [4.78, 5) is 18.3. The van der Waals surface area contributed by atoms with E-state index < -0.39 is 6.10 Å². The van der Waals surface area contributed by atoms with Crippen molar-refractivity contribution in [3.63, 3.8) is 0 Å². The molecule has 2 heterocycles.